The number of aromatic hydroxyl groups is 1. The summed E-state index contributed by atoms with van der Waals surface area (Å²) in [6.07, 6.45) is 0. The molecule has 0 saturated carbocycles. The Kier molecular flexibility index (Phi) is 4.50. The van der Waals surface area contributed by atoms with E-state index in [1.807, 2.05) is 12.1 Å². The molecule has 70 valence electrons. The Morgan fingerprint density at radius 1 is 1.38 bits per heavy atom. The van der Waals surface area contributed by atoms with Crippen LogP contribution in [0.1, 0.15) is 0 Å². The molecule has 0 aliphatic heterocycles. The zero-order chi connectivity index (χ0) is 9.68. The predicted octanol–water partition coefficient (Wildman–Crippen LogP) is 3.80. The zero-order valence-electron chi connectivity index (χ0n) is 6.71. The van der Waals surface area contributed by atoms with Crippen molar-refractivity contribution in [1.82, 2.24) is 0 Å². The average molecular weight is 235 g/mol. The summed E-state index contributed by atoms with van der Waals surface area (Å²) < 4.78 is 0. The Balaban J connectivity index is 2.51. The van der Waals surface area contributed by atoms with Crippen LogP contribution in [-0.2, 0) is 0 Å². The van der Waals surface area contributed by atoms with Crippen molar-refractivity contribution in [3.8, 4) is 5.75 Å². The second-order valence-electron chi connectivity index (χ2n) is 2.34. The highest BCUT2D eigenvalue weighted by Crippen LogP contribution is 2.23. The molecule has 0 saturated heterocycles. The topological polar surface area (TPSA) is 20.2 Å². The summed E-state index contributed by atoms with van der Waals surface area (Å²) in [5.74, 6) is 0.916. The number of hydrogen-bond donors (Lipinski definition) is 1. The molecule has 0 aliphatic rings. The third-order valence-electron chi connectivity index (χ3n) is 1.33. The minimum Gasteiger partial charge on any atom is -0.508 e. The van der Waals surface area contributed by atoms with E-state index in [0.717, 1.165) is 4.90 Å². The molecule has 1 aromatic rings. The molecule has 0 heterocycles. The van der Waals surface area contributed by atoms with E-state index < -0.39 is 0 Å². The first-order valence-corrected chi connectivity index (χ1v) is 5.39. The van der Waals surface area contributed by atoms with E-state index in [2.05, 4.69) is 0 Å². The van der Waals surface area contributed by atoms with Gasteiger partial charge in [-0.2, -0.15) is 0 Å². The van der Waals surface area contributed by atoms with Gasteiger partial charge in [-0.25, -0.2) is 0 Å². The summed E-state index contributed by atoms with van der Waals surface area (Å²) in [7, 11) is 0. The Morgan fingerprint density at radius 2 is 2.00 bits per heavy atom. The summed E-state index contributed by atoms with van der Waals surface area (Å²) in [4.78, 5) is 1.05. The lowest BCUT2D eigenvalue weighted by Crippen LogP contribution is -1.77. The monoisotopic (exact) mass is 234 g/mol. The van der Waals surface area contributed by atoms with Gasteiger partial charge >= 0.3 is 0 Å². The summed E-state index contributed by atoms with van der Waals surface area (Å²) in [5.41, 5.74) is 1.36. The molecular weight excluding hydrogens is 227 g/mol. The molecule has 13 heavy (non-hydrogen) atoms. The first-order chi connectivity index (χ1) is 6.22. The molecule has 0 fully saturated rings. The molecule has 1 rings (SSSR count). The number of thioether (sulfide) groups is 1. The number of hydrogen-bond acceptors (Lipinski definition) is 2. The highest BCUT2D eigenvalue weighted by Gasteiger charge is 1.96. The van der Waals surface area contributed by atoms with Gasteiger partial charge < -0.3 is 5.11 Å². The molecule has 1 aromatic carbocycles. The van der Waals surface area contributed by atoms with Gasteiger partial charge in [0.05, 0.1) is 0 Å². The fraction of sp³-hybridized carbons (Fsp3) is 0.111. The lowest BCUT2D eigenvalue weighted by atomic mass is 10.3. The fourth-order valence-corrected chi connectivity index (χ4v) is 1.77. The summed E-state index contributed by atoms with van der Waals surface area (Å²) >= 11 is 12.7. The molecule has 0 atom stereocenters. The quantitative estimate of drug-likeness (QED) is 0.804. The molecule has 0 radical (unpaired) electrons. The number of phenols is 1. The molecule has 0 aliphatic carbocycles. The fourth-order valence-electron chi connectivity index (χ4n) is 0.726. The molecule has 0 bridgehead atoms. The van der Waals surface area contributed by atoms with Crippen molar-refractivity contribution in [1.29, 1.82) is 0 Å². The largest absolute Gasteiger partial charge is 0.508 e. The first kappa shape index (κ1) is 10.8. The van der Waals surface area contributed by atoms with E-state index in [4.69, 9.17) is 28.3 Å². The van der Waals surface area contributed by atoms with Crippen LogP contribution < -0.4 is 0 Å². The van der Waals surface area contributed by atoms with Crippen LogP contribution in [0.4, 0.5) is 0 Å². The van der Waals surface area contributed by atoms with Gasteiger partial charge in [0.2, 0.25) is 0 Å². The highest BCUT2D eigenvalue weighted by molar-refractivity contribution is 7.99. The first-order valence-electron chi connectivity index (χ1n) is 3.59. The van der Waals surface area contributed by atoms with Crippen molar-refractivity contribution in [3.63, 3.8) is 0 Å². The van der Waals surface area contributed by atoms with Gasteiger partial charge in [-0.15, -0.1) is 11.8 Å². The Labute approximate surface area is 91.4 Å². The Hall–Kier alpha value is -0.310. The SMILES string of the molecule is Oc1ccc(SCC(Cl)=CCl)cc1. The minimum absolute atomic E-state index is 0.267. The van der Waals surface area contributed by atoms with Gasteiger partial charge in [0.15, 0.2) is 0 Å². The zero-order valence-corrected chi connectivity index (χ0v) is 9.03. The van der Waals surface area contributed by atoms with E-state index in [9.17, 15) is 0 Å². The van der Waals surface area contributed by atoms with E-state index in [1.165, 1.54) is 5.54 Å². The maximum Gasteiger partial charge on any atom is 0.115 e. The predicted molar refractivity (Wildman–Crippen MR) is 58.6 cm³/mol. The van der Waals surface area contributed by atoms with Crippen LogP contribution in [0, 0.1) is 0 Å². The van der Waals surface area contributed by atoms with Gasteiger partial charge in [0.1, 0.15) is 5.75 Å². The molecule has 1 N–H and O–H groups in total. The van der Waals surface area contributed by atoms with Crippen molar-refractivity contribution in [3.05, 3.63) is 34.8 Å². The van der Waals surface area contributed by atoms with Crippen molar-refractivity contribution in [2.45, 2.75) is 4.90 Å². The van der Waals surface area contributed by atoms with E-state index >= 15 is 0 Å². The van der Waals surface area contributed by atoms with E-state index in [1.54, 1.807) is 23.9 Å². The minimum atomic E-state index is 0.267. The highest BCUT2D eigenvalue weighted by atomic mass is 35.5. The molecule has 0 amide bonds. The third-order valence-corrected chi connectivity index (χ3v) is 3.17. The van der Waals surface area contributed by atoms with Gasteiger partial charge in [0, 0.05) is 21.2 Å². The van der Waals surface area contributed by atoms with Crippen molar-refractivity contribution < 1.29 is 5.11 Å². The van der Waals surface area contributed by atoms with Crippen LogP contribution in [0.15, 0.2) is 39.7 Å². The van der Waals surface area contributed by atoms with E-state index in [-0.39, 0.29) is 5.75 Å². The summed E-state index contributed by atoms with van der Waals surface area (Å²) in [5, 5.41) is 9.62. The lowest BCUT2D eigenvalue weighted by molar-refractivity contribution is 0.475. The van der Waals surface area contributed by atoms with Crippen LogP contribution in [0.2, 0.25) is 0 Å². The molecule has 0 spiro atoms. The van der Waals surface area contributed by atoms with Crippen LogP contribution in [-0.4, -0.2) is 10.9 Å². The maximum absolute atomic E-state index is 9.01. The Morgan fingerprint density at radius 3 is 2.54 bits per heavy atom. The van der Waals surface area contributed by atoms with Gasteiger partial charge in [-0.05, 0) is 24.3 Å². The van der Waals surface area contributed by atoms with Crippen LogP contribution >= 0.6 is 35.0 Å². The number of benzene rings is 1. The van der Waals surface area contributed by atoms with Crippen LogP contribution in [0.3, 0.4) is 0 Å². The second-order valence-corrected chi connectivity index (χ2v) is 4.09. The van der Waals surface area contributed by atoms with Crippen molar-refractivity contribution in [2.24, 2.45) is 0 Å². The third kappa shape index (κ3) is 3.94. The average Bonchev–Trinajstić information content (AvgIpc) is 2.16. The smallest absolute Gasteiger partial charge is 0.115 e. The number of rotatable bonds is 3. The molecule has 0 aromatic heterocycles. The van der Waals surface area contributed by atoms with Crippen LogP contribution in [0.25, 0.3) is 0 Å². The van der Waals surface area contributed by atoms with Gasteiger partial charge in [-0.1, -0.05) is 23.2 Å². The van der Waals surface area contributed by atoms with Crippen molar-refractivity contribution >= 4 is 35.0 Å². The van der Waals surface area contributed by atoms with Gasteiger partial charge in [0.25, 0.3) is 0 Å². The normalized spacial score (nSPS) is 11.7. The molecule has 1 nitrogen and oxygen atoms in total. The van der Waals surface area contributed by atoms with Gasteiger partial charge in [-0.3, -0.25) is 0 Å². The summed E-state index contributed by atoms with van der Waals surface area (Å²) in [6, 6.07) is 6.94. The maximum atomic E-state index is 9.01. The Bertz CT molecular complexity index is 295. The molecule has 4 heteroatoms. The lowest BCUT2D eigenvalue weighted by Gasteiger charge is -1.99. The van der Waals surface area contributed by atoms with E-state index in [0.29, 0.717) is 10.8 Å². The van der Waals surface area contributed by atoms with Crippen molar-refractivity contribution in [2.75, 3.05) is 5.75 Å². The number of phenolic OH excluding ortho intramolecular Hbond substituents is 1. The molecular formula is C9H8Cl2OS. The van der Waals surface area contributed by atoms with Crippen LogP contribution in [0.5, 0.6) is 5.75 Å². The summed E-state index contributed by atoms with van der Waals surface area (Å²) in [6.45, 7) is 0. The second kappa shape index (κ2) is 5.43. The number of halogens is 2. The standard InChI is InChI=1S/C9H8Cl2OS/c10-5-7(11)6-13-9-3-1-8(12)2-4-9/h1-5,12H,6H2. The molecule has 0 unspecified atom stereocenters.